The molecule has 0 saturated carbocycles. The number of carbonyl (C=O) groups excluding carboxylic acids is 1. The SMILES string of the molecule is CCc1ccc(-n2nc(C)c3c(C(=O)Nc4cc(OC)ccc4OC)cc(C)nc32)cc1. The van der Waals surface area contributed by atoms with Crippen LogP contribution in [0, 0.1) is 13.8 Å². The Hall–Kier alpha value is -3.87. The maximum atomic E-state index is 13.4. The maximum absolute atomic E-state index is 13.4. The molecule has 32 heavy (non-hydrogen) atoms. The summed E-state index contributed by atoms with van der Waals surface area (Å²) in [5, 5.41) is 8.37. The first-order valence-corrected chi connectivity index (χ1v) is 10.4. The summed E-state index contributed by atoms with van der Waals surface area (Å²) in [6.07, 6.45) is 0.967. The van der Waals surface area contributed by atoms with Gasteiger partial charge < -0.3 is 14.8 Å². The van der Waals surface area contributed by atoms with Gasteiger partial charge in [0.15, 0.2) is 5.65 Å². The molecule has 2 aromatic carbocycles. The molecule has 7 nitrogen and oxygen atoms in total. The fourth-order valence-corrected chi connectivity index (χ4v) is 3.75. The summed E-state index contributed by atoms with van der Waals surface area (Å²) in [4.78, 5) is 18.1. The van der Waals surface area contributed by atoms with Crippen LogP contribution in [0.2, 0.25) is 0 Å². The van der Waals surface area contributed by atoms with E-state index >= 15 is 0 Å². The van der Waals surface area contributed by atoms with Crippen molar-refractivity contribution in [2.45, 2.75) is 27.2 Å². The molecule has 7 heteroatoms. The number of aryl methyl sites for hydroxylation is 3. The zero-order chi connectivity index (χ0) is 22.8. The van der Waals surface area contributed by atoms with Crippen LogP contribution in [0.5, 0.6) is 11.5 Å². The molecule has 2 heterocycles. The molecule has 0 atom stereocenters. The number of ether oxygens (including phenoxy) is 2. The number of hydrogen-bond donors (Lipinski definition) is 1. The van der Waals surface area contributed by atoms with Crippen LogP contribution in [0.4, 0.5) is 5.69 Å². The van der Waals surface area contributed by atoms with Crippen molar-refractivity contribution in [2.24, 2.45) is 0 Å². The highest BCUT2D eigenvalue weighted by Crippen LogP contribution is 2.31. The Balaban J connectivity index is 1.80. The summed E-state index contributed by atoms with van der Waals surface area (Å²) in [6.45, 7) is 5.88. The maximum Gasteiger partial charge on any atom is 0.256 e. The predicted molar refractivity (Wildman–Crippen MR) is 125 cm³/mol. The van der Waals surface area contributed by atoms with E-state index < -0.39 is 0 Å². The monoisotopic (exact) mass is 430 g/mol. The molecule has 1 amide bonds. The van der Waals surface area contributed by atoms with Gasteiger partial charge >= 0.3 is 0 Å². The van der Waals surface area contributed by atoms with Crippen LogP contribution in [0.3, 0.4) is 0 Å². The molecular formula is C25H26N4O3. The summed E-state index contributed by atoms with van der Waals surface area (Å²) < 4.78 is 12.5. The van der Waals surface area contributed by atoms with Gasteiger partial charge in [-0.15, -0.1) is 0 Å². The zero-order valence-corrected chi connectivity index (χ0v) is 18.9. The Morgan fingerprint density at radius 2 is 1.78 bits per heavy atom. The third-order valence-corrected chi connectivity index (χ3v) is 5.43. The highest BCUT2D eigenvalue weighted by Gasteiger charge is 2.21. The molecule has 0 aliphatic heterocycles. The van der Waals surface area contributed by atoms with E-state index in [9.17, 15) is 4.79 Å². The first-order chi connectivity index (χ1) is 15.4. The van der Waals surface area contributed by atoms with Crippen LogP contribution >= 0.6 is 0 Å². The normalized spacial score (nSPS) is 10.9. The van der Waals surface area contributed by atoms with Crippen LogP contribution in [0.1, 0.15) is 34.2 Å². The first-order valence-electron chi connectivity index (χ1n) is 10.4. The Morgan fingerprint density at radius 1 is 1.03 bits per heavy atom. The van der Waals surface area contributed by atoms with Crippen molar-refractivity contribution >= 4 is 22.6 Å². The number of methoxy groups -OCH3 is 2. The number of carbonyl (C=O) groups is 1. The first kappa shape index (κ1) is 21.4. The van der Waals surface area contributed by atoms with Crippen molar-refractivity contribution in [2.75, 3.05) is 19.5 Å². The van der Waals surface area contributed by atoms with Gasteiger partial charge in [-0.25, -0.2) is 9.67 Å². The lowest BCUT2D eigenvalue weighted by atomic mass is 10.1. The summed E-state index contributed by atoms with van der Waals surface area (Å²) >= 11 is 0. The summed E-state index contributed by atoms with van der Waals surface area (Å²) in [5.41, 5.74) is 5.29. The third-order valence-electron chi connectivity index (χ3n) is 5.43. The number of rotatable bonds is 6. The topological polar surface area (TPSA) is 78.3 Å². The number of nitrogens with one attached hydrogen (secondary N) is 1. The molecule has 0 unspecified atom stereocenters. The molecule has 4 aromatic rings. The van der Waals surface area contributed by atoms with Crippen molar-refractivity contribution in [1.29, 1.82) is 0 Å². The Kier molecular flexibility index (Phi) is 5.81. The summed E-state index contributed by atoms with van der Waals surface area (Å²) in [6, 6.07) is 15.3. The van der Waals surface area contributed by atoms with Crippen molar-refractivity contribution < 1.29 is 14.3 Å². The molecule has 0 aliphatic rings. The fraction of sp³-hybridized carbons (Fsp3) is 0.240. The molecule has 0 bridgehead atoms. The number of fused-ring (bicyclic) bond motifs is 1. The number of amides is 1. The lowest BCUT2D eigenvalue weighted by Crippen LogP contribution is -2.14. The largest absolute Gasteiger partial charge is 0.497 e. The van der Waals surface area contributed by atoms with Crippen molar-refractivity contribution in [3.05, 3.63) is 71.0 Å². The average molecular weight is 431 g/mol. The summed E-state index contributed by atoms with van der Waals surface area (Å²) in [7, 11) is 3.14. The highest BCUT2D eigenvalue weighted by molar-refractivity contribution is 6.13. The van der Waals surface area contributed by atoms with E-state index in [0.29, 0.717) is 28.4 Å². The lowest BCUT2D eigenvalue weighted by molar-refractivity contribution is 0.102. The smallest absolute Gasteiger partial charge is 0.256 e. The quantitative estimate of drug-likeness (QED) is 0.472. The van der Waals surface area contributed by atoms with E-state index in [-0.39, 0.29) is 5.91 Å². The van der Waals surface area contributed by atoms with Crippen molar-refractivity contribution in [3.8, 4) is 17.2 Å². The number of hydrogen-bond acceptors (Lipinski definition) is 5. The summed E-state index contributed by atoms with van der Waals surface area (Å²) in [5.74, 6) is 0.900. The van der Waals surface area contributed by atoms with Gasteiger partial charge in [-0.3, -0.25) is 4.79 Å². The number of aromatic nitrogens is 3. The molecule has 2 aromatic heterocycles. The number of nitrogens with zero attached hydrogens (tertiary/aromatic N) is 3. The number of benzene rings is 2. The third kappa shape index (κ3) is 3.89. The molecule has 0 aliphatic carbocycles. The van der Waals surface area contributed by atoms with E-state index in [1.165, 1.54) is 5.56 Å². The molecule has 4 rings (SSSR count). The van der Waals surface area contributed by atoms with Gasteiger partial charge in [-0.2, -0.15) is 5.10 Å². The van der Waals surface area contributed by atoms with Crippen LogP contribution in [-0.2, 0) is 6.42 Å². The van der Waals surface area contributed by atoms with Gasteiger partial charge in [0.05, 0.1) is 42.2 Å². The van der Waals surface area contributed by atoms with Gasteiger partial charge in [-0.1, -0.05) is 19.1 Å². The Bertz CT molecular complexity index is 1290. The van der Waals surface area contributed by atoms with E-state index in [4.69, 9.17) is 19.6 Å². The minimum Gasteiger partial charge on any atom is -0.497 e. The minimum atomic E-state index is -0.268. The molecule has 0 spiro atoms. The van der Waals surface area contributed by atoms with Gasteiger partial charge in [0, 0.05) is 11.8 Å². The van der Waals surface area contributed by atoms with Crippen LogP contribution in [0.15, 0.2) is 48.5 Å². The number of anilines is 1. The second-order valence-corrected chi connectivity index (χ2v) is 7.55. The standard InChI is InChI=1S/C25H26N4O3/c1-6-17-7-9-18(10-8-17)29-24-23(16(3)28-29)20(13-15(2)26-24)25(30)27-21-14-19(31-4)11-12-22(21)32-5/h7-14H,6H2,1-5H3,(H,27,30). The van der Waals surface area contributed by atoms with Crippen LogP contribution in [-0.4, -0.2) is 34.9 Å². The van der Waals surface area contributed by atoms with E-state index in [0.717, 1.165) is 28.9 Å². The Labute approximate surface area is 187 Å². The highest BCUT2D eigenvalue weighted by atomic mass is 16.5. The molecular weight excluding hydrogens is 404 g/mol. The average Bonchev–Trinajstić information content (AvgIpc) is 3.14. The van der Waals surface area contributed by atoms with Crippen molar-refractivity contribution in [1.82, 2.24) is 14.8 Å². The Morgan fingerprint density at radius 3 is 2.44 bits per heavy atom. The van der Waals surface area contributed by atoms with Crippen LogP contribution in [0.25, 0.3) is 16.7 Å². The second-order valence-electron chi connectivity index (χ2n) is 7.55. The molecule has 0 fully saturated rings. The minimum absolute atomic E-state index is 0.268. The van der Waals surface area contributed by atoms with Gasteiger partial charge in [-0.05, 0) is 56.2 Å². The van der Waals surface area contributed by atoms with Gasteiger partial charge in [0.25, 0.3) is 5.91 Å². The molecule has 0 saturated heterocycles. The van der Waals surface area contributed by atoms with E-state index in [1.807, 2.05) is 26.0 Å². The van der Waals surface area contributed by atoms with Gasteiger partial charge in [0.1, 0.15) is 11.5 Å². The van der Waals surface area contributed by atoms with Crippen LogP contribution < -0.4 is 14.8 Å². The van der Waals surface area contributed by atoms with E-state index in [1.54, 1.807) is 43.2 Å². The number of pyridine rings is 1. The molecule has 0 radical (unpaired) electrons. The lowest BCUT2D eigenvalue weighted by Gasteiger charge is -2.13. The second kappa shape index (κ2) is 8.70. The molecule has 1 N–H and O–H groups in total. The van der Waals surface area contributed by atoms with Gasteiger partial charge in [0.2, 0.25) is 0 Å². The predicted octanol–water partition coefficient (Wildman–Crippen LogP) is 4.87. The fourth-order valence-electron chi connectivity index (χ4n) is 3.75. The van der Waals surface area contributed by atoms with Crippen molar-refractivity contribution in [3.63, 3.8) is 0 Å². The molecule has 164 valence electrons. The van der Waals surface area contributed by atoms with E-state index in [2.05, 4.69) is 24.4 Å². The zero-order valence-electron chi connectivity index (χ0n) is 18.9.